The quantitative estimate of drug-likeness (QED) is 0.601. The Kier molecular flexibility index (Phi) is 6.43. The van der Waals surface area contributed by atoms with Gasteiger partial charge in [-0.3, -0.25) is 29.5 Å². The summed E-state index contributed by atoms with van der Waals surface area (Å²) in [6, 6.07) is 0.958. The summed E-state index contributed by atoms with van der Waals surface area (Å²) in [6.07, 6.45) is 2.74. The Labute approximate surface area is 155 Å². The van der Waals surface area contributed by atoms with Gasteiger partial charge in [-0.15, -0.1) is 0 Å². The summed E-state index contributed by atoms with van der Waals surface area (Å²) in [4.78, 5) is 52.8. The van der Waals surface area contributed by atoms with Crippen LogP contribution in [0.4, 0.5) is 5.69 Å². The molecule has 0 spiro atoms. The maximum Gasteiger partial charge on any atom is 0.323 e. The van der Waals surface area contributed by atoms with Crippen LogP contribution in [0.2, 0.25) is 0 Å². The second kappa shape index (κ2) is 8.56. The van der Waals surface area contributed by atoms with Gasteiger partial charge in [0.15, 0.2) is 0 Å². The SMILES string of the molecule is CC(=O)N(CC(=O)O)C1CCCN(C(=O)c2cc([N+](=O)[O-])cnc2C)CC1. The van der Waals surface area contributed by atoms with Gasteiger partial charge in [-0.1, -0.05) is 0 Å². The van der Waals surface area contributed by atoms with Crippen LogP contribution in [0.5, 0.6) is 0 Å². The molecule has 1 saturated heterocycles. The maximum absolute atomic E-state index is 12.8. The second-order valence-corrected chi connectivity index (χ2v) is 6.50. The minimum Gasteiger partial charge on any atom is -0.480 e. The van der Waals surface area contributed by atoms with E-state index < -0.39 is 10.9 Å². The molecular weight excluding hydrogens is 356 g/mol. The predicted octanol–water partition coefficient (Wildman–Crippen LogP) is 1.23. The van der Waals surface area contributed by atoms with Crippen molar-refractivity contribution in [1.29, 1.82) is 0 Å². The second-order valence-electron chi connectivity index (χ2n) is 6.50. The lowest BCUT2D eigenvalue weighted by Crippen LogP contribution is -2.43. The van der Waals surface area contributed by atoms with Crippen molar-refractivity contribution in [1.82, 2.24) is 14.8 Å². The van der Waals surface area contributed by atoms with Gasteiger partial charge < -0.3 is 14.9 Å². The smallest absolute Gasteiger partial charge is 0.323 e. The van der Waals surface area contributed by atoms with Crippen molar-refractivity contribution in [3.8, 4) is 0 Å². The third-order valence-electron chi connectivity index (χ3n) is 4.65. The van der Waals surface area contributed by atoms with Crippen molar-refractivity contribution in [2.45, 2.75) is 39.2 Å². The fourth-order valence-electron chi connectivity index (χ4n) is 3.25. The first-order chi connectivity index (χ1) is 12.7. The highest BCUT2D eigenvalue weighted by Gasteiger charge is 2.29. The molecule has 0 saturated carbocycles. The molecule has 0 aliphatic carbocycles. The average molecular weight is 378 g/mol. The predicted molar refractivity (Wildman–Crippen MR) is 94.2 cm³/mol. The third kappa shape index (κ3) is 4.99. The summed E-state index contributed by atoms with van der Waals surface area (Å²) in [5, 5.41) is 19.9. The lowest BCUT2D eigenvalue weighted by Gasteiger charge is -2.29. The number of pyridine rings is 1. The van der Waals surface area contributed by atoms with Crippen LogP contribution in [0.25, 0.3) is 0 Å². The van der Waals surface area contributed by atoms with Crippen LogP contribution < -0.4 is 0 Å². The number of hydrogen-bond donors (Lipinski definition) is 1. The molecule has 10 heteroatoms. The Morgan fingerprint density at radius 2 is 2.07 bits per heavy atom. The van der Waals surface area contributed by atoms with Crippen LogP contribution in [0, 0.1) is 17.0 Å². The Bertz CT molecular complexity index is 766. The normalized spacial score (nSPS) is 17.1. The van der Waals surface area contributed by atoms with Gasteiger partial charge in [0.2, 0.25) is 5.91 Å². The van der Waals surface area contributed by atoms with Gasteiger partial charge in [-0.25, -0.2) is 0 Å². The van der Waals surface area contributed by atoms with Gasteiger partial charge in [0.1, 0.15) is 12.7 Å². The number of carboxylic acids is 1. The van der Waals surface area contributed by atoms with Crippen molar-refractivity contribution in [2.24, 2.45) is 0 Å². The zero-order valence-electron chi connectivity index (χ0n) is 15.3. The molecule has 2 rings (SSSR count). The number of carboxylic acid groups (broad SMARTS) is 1. The van der Waals surface area contributed by atoms with Gasteiger partial charge in [0.05, 0.1) is 16.2 Å². The Morgan fingerprint density at radius 3 is 2.67 bits per heavy atom. The number of aromatic nitrogens is 1. The molecular formula is C17H22N4O6. The van der Waals surface area contributed by atoms with Crippen molar-refractivity contribution >= 4 is 23.5 Å². The van der Waals surface area contributed by atoms with Crippen LogP contribution in [0.15, 0.2) is 12.3 Å². The van der Waals surface area contributed by atoms with Gasteiger partial charge in [-0.05, 0) is 26.2 Å². The van der Waals surface area contributed by atoms with Crippen LogP contribution >= 0.6 is 0 Å². The summed E-state index contributed by atoms with van der Waals surface area (Å²) in [6.45, 7) is 3.32. The highest BCUT2D eigenvalue weighted by atomic mass is 16.6. The van der Waals surface area contributed by atoms with E-state index in [-0.39, 0.29) is 35.7 Å². The van der Waals surface area contributed by atoms with E-state index in [9.17, 15) is 24.5 Å². The van der Waals surface area contributed by atoms with Crippen LogP contribution in [0.1, 0.15) is 42.2 Å². The topological polar surface area (TPSA) is 134 Å². The first-order valence-electron chi connectivity index (χ1n) is 8.60. The van der Waals surface area contributed by atoms with E-state index in [1.807, 2.05) is 0 Å². The average Bonchev–Trinajstić information content (AvgIpc) is 2.84. The van der Waals surface area contributed by atoms with E-state index in [4.69, 9.17) is 5.11 Å². The molecule has 27 heavy (non-hydrogen) atoms. The molecule has 2 amide bonds. The number of hydrogen-bond acceptors (Lipinski definition) is 6. The number of carbonyl (C=O) groups excluding carboxylic acids is 2. The van der Waals surface area contributed by atoms with Crippen LogP contribution in [-0.4, -0.2) is 68.3 Å². The lowest BCUT2D eigenvalue weighted by atomic mass is 10.1. The molecule has 1 aromatic heterocycles. The molecule has 1 N–H and O–H groups in total. The fourth-order valence-corrected chi connectivity index (χ4v) is 3.25. The van der Waals surface area contributed by atoms with Crippen molar-refractivity contribution in [3.63, 3.8) is 0 Å². The number of rotatable bonds is 5. The van der Waals surface area contributed by atoms with Crippen LogP contribution in [0.3, 0.4) is 0 Å². The molecule has 1 unspecified atom stereocenters. The van der Waals surface area contributed by atoms with Gasteiger partial charge in [0, 0.05) is 32.1 Å². The monoisotopic (exact) mass is 378 g/mol. The van der Waals surface area contributed by atoms with E-state index >= 15 is 0 Å². The number of nitro groups is 1. The molecule has 1 fully saturated rings. The van der Waals surface area contributed by atoms with E-state index in [0.717, 1.165) is 6.20 Å². The van der Waals surface area contributed by atoms with Gasteiger partial charge in [0.25, 0.3) is 11.6 Å². The number of likely N-dealkylation sites (tertiary alicyclic amines) is 1. The van der Waals surface area contributed by atoms with Crippen molar-refractivity contribution in [2.75, 3.05) is 19.6 Å². The highest BCUT2D eigenvalue weighted by Crippen LogP contribution is 2.21. The van der Waals surface area contributed by atoms with Crippen molar-refractivity contribution < 1.29 is 24.4 Å². The molecule has 0 radical (unpaired) electrons. The summed E-state index contributed by atoms with van der Waals surface area (Å²) >= 11 is 0. The van der Waals surface area contributed by atoms with E-state index in [1.165, 1.54) is 17.9 Å². The number of nitrogens with zero attached hydrogens (tertiary/aromatic N) is 4. The van der Waals surface area contributed by atoms with Crippen molar-refractivity contribution in [3.05, 3.63) is 33.6 Å². The zero-order valence-corrected chi connectivity index (χ0v) is 15.3. The molecule has 10 nitrogen and oxygen atoms in total. The number of aliphatic carboxylic acids is 1. The summed E-state index contributed by atoms with van der Waals surface area (Å²) in [7, 11) is 0. The Morgan fingerprint density at radius 1 is 1.37 bits per heavy atom. The Balaban J connectivity index is 2.15. The largest absolute Gasteiger partial charge is 0.480 e. The highest BCUT2D eigenvalue weighted by molar-refractivity contribution is 5.95. The zero-order chi connectivity index (χ0) is 20.1. The molecule has 1 aliphatic rings. The summed E-state index contributed by atoms with van der Waals surface area (Å²) in [5.74, 6) is -1.75. The minimum absolute atomic E-state index is 0.177. The van der Waals surface area contributed by atoms with E-state index in [0.29, 0.717) is 38.0 Å². The standard InChI is InChI=1S/C17H22N4O6/c1-11-15(8-14(9-18-11)21(26)27)17(25)19-6-3-4-13(5-7-19)20(12(2)22)10-16(23)24/h8-9,13H,3-7,10H2,1-2H3,(H,23,24). The molecule has 0 aromatic carbocycles. The Hall–Kier alpha value is -3.04. The summed E-state index contributed by atoms with van der Waals surface area (Å²) in [5.41, 5.74) is 0.333. The molecule has 1 atom stereocenters. The molecule has 146 valence electrons. The van der Waals surface area contributed by atoms with E-state index in [2.05, 4.69) is 4.98 Å². The number of carbonyl (C=O) groups is 3. The summed E-state index contributed by atoms with van der Waals surface area (Å²) < 4.78 is 0. The third-order valence-corrected chi connectivity index (χ3v) is 4.65. The molecule has 1 aromatic rings. The molecule has 1 aliphatic heterocycles. The molecule has 2 heterocycles. The van der Waals surface area contributed by atoms with Gasteiger partial charge >= 0.3 is 5.97 Å². The minimum atomic E-state index is -1.08. The fraction of sp³-hybridized carbons (Fsp3) is 0.529. The first kappa shape index (κ1) is 20.3. The number of aryl methyl sites for hydroxylation is 1. The number of amides is 2. The first-order valence-corrected chi connectivity index (χ1v) is 8.60. The molecule has 0 bridgehead atoms. The van der Waals surface area contributed by atoms with E-state index in [1.54, 1.807) is 11.8 Å². The lowest BCUT2D eigenvalue weighted by molar-refractivity contribution is -0.385. The van der Waals surface area contributed by atoms with Crippen LogP contribution in [-0.2, 0) is 9.59 Å². The van der Waals surface area contributed by atoms with Gasteiger partial charge in [-0.2, -0.15) is 0 Å². The maximum atomic E-state index is 12.8.